The van der Waals surface area contributed by atoms with E-state index in [-0.39, 0.29) is 5.91 Å². The summed E-state index contributed by atoms with van der Waals surface area (Å²) in [5, 5.41) is 3.05. The molecule has 0 spiro atoms. The predicted octanol–water partition coefficient (Wildman–Crippen LogP) is 5.11. The molecule has 3 heteroatoms. The Hall–Kier alpha value is -2.29. The van der Waals surface area contributed by atoms with E-state index in [9.17, 15) is 4.79 Å². The van der Waals surface area contributed by atoms with E-state index in [0.29, 0.717) is 13.2 Å². The zero-order valence-corrected chi connectivity index (χ0v) is 16.7. The average Bonchev–Trinajstić information content (AvgIpc) is 2.60. The topological polar surface area (TPSA) is 38.3 Å². The van der Waals surface area contributed by atoms with Gasteiger partial charge in [0.2, 0.25) is 5.91 Å². The number of carbonyl (C=O) groups is 1. The first kappa shape index (κ1) is 20.0. The minimum Gasteiger partial charge on any atom is -0.493 e. The van der Waals surface area contributed by atoms with Gasteiger partial charge in [0.15, 0.2) is 0 Å². The van der Waals surface area contributed by atoms with Gasteiger partial charge >= 0.3 is 0 Å². The van der Waals surface area contributed by atoms with E-state index in [4.69, 9.17) is 4.74 Å². The highest BCUT2D eigenvalue weighted by molar-refractivity contribution is 5.81. The van der Waals surface area contributed by atoms with Gasteiger partial charge in [-0.05, 0) is 56.4 Å². The van der Waals surface area contributed by atoms with Crippen LogP contribution in [0, 0.1) is 26.2 Å². The first-order chi connectivity index (χ1) is 12.3. The smallest absolute Gasteiger partial charge is 0.225 e. The van der Waals surface area contributed by atoms with E-state index >= 15 is 0 Å². The fourth-order valence-corrected chi connectivity index (χ4v) is 2.80. The number of hydrogen-bond donors (Lipinski definition) is 1. The second kappa shape index (κ2) is 8.88. The van der Waals surface area contributed by atoms with Crippen molar-refractivity contribution in [2.75, 3.05) is 6.61 Å². The van der Waals surface area contributed by atoms with Crippen molar-refractivity contribution in [1.82, 2.24) is 5.32 Å². The first-order valence-corrected chi connectivity index (χ1v) is 9.32. The Labute approximate surface area is 157 Å². The maximum atomic E-state index is 12.5. The van der Waals surface area contributed by atoms with Gasteiger partial charge in [-0.25, -0.2) is 0 Å². The van der Waals surface area contributed by atoms with E-state index in [2.05, 4.69) is 68.6 Å². The van der Waals surface area contributed by atoms with E-state index in [1.807, 2.05) is 13.8 Å². The summed E-state index contributed by atoms with van der Waals surface area (Å²) < 4.78 is 5.90. The lowest BCUT2D eigenvalue weighted by atomic mass is 9.87. The molecule has 0 aromatic heterocycles. The Morgan fingerprint density at radius 2 is 1.65 bits per heavy atom. The maximum absolute atomic E-state index is 12.5. The molecule has 0 aliphatic heterocycles. The number of rotatable bonds is 8. The molecule has 0 atom stereocenters. The maximum Gasteiger partial charge on any atom is 0.225 e. The molecule has 2 aromatic carbocycles. The zero-order valence-electron chi connectivity index (χ0n) is 16.7. The van der Waals surface area contributed by atoms with Crippen molar-refractivity contribution >= 4 is 5.91 Å². The third-order valence-corrected chi connectivity index (χ3v) is 4.74. The van der Waals surface area contributed by atoms with Crippen LogP contribution >= 0.6 is 0 Å². The third kappa shape index (κ3) is 5.91. The molecule has 1 amide bonds. The van der Waals surface area contributed by atoms with Crippen LogP contribution in [0.15, 0.2) is 42.5 Å². The van der Waals surface area contributed by atoms with Crippen LogP contribution in [0.25, 0.3) is 0 Å². The summed E-state index contributed by atoms with van der Waals surface area (Å²) in [6.45, 7) is 11.4. The van der Waals surface area contributed by atoms with Crippen molar-refractivity contribution in [3.05, 3.63) is 64.7 Å². The average molecular weight is 354 g/mol. The number of nitrogens with one attached hydrogen (secondary N) is 1. The molecule has 0 radical (unpaired) electrons. The Bertz CT molecular complexity index is 732. The van der Waals surface area contributed by atoms with Crippen LogP contribution in [0.4, 0.5) is 0 Å². The van der Waals surface area contributed by atoms with Crippen molar-refractivity contribution in [2.45, 2.75) is 54.0 Å². The van der Waals surface area contributed by atoms with Gasteiger partial charge in [-0.2, -0.15) is 0 Å². The van der Waals surface area contributed by atoms with Crippen LogP contribution in [0.2, 0.25) is 0 Å². The van der Waals surface area contributed by atoms with Crippen molar-refractivity contribution in [3.63, 3.8) is 0 Å². The molecule has 0 heterocycles. The largest absolute Gasteiger partial charge is 0.493 e. The summed E-state index contributed by atoms with van der Waals surface area (Å²) in [5.41, 5.74) is 4.28. The van der Waals surface area contributed by atoms with Crippen LogP contribution in [0.1, 0.15) is 48.9 Å². The second-order valence-corrected chi connectivity index (χ2v) is 7.77. The predicted molar refractivity (Wildman–Crippen MR) is 107 cm³/mol. The lowest BCUT2D eigenvalue weighted by Gasteiger charge is -2.23. The van der Waals surface area contributed by atoms with Gasteiger partial charge in [0.1, 0.15) is 5.75 Å². The fraction of sp³-hybridized carbons (Fsp3) is 0.435. The highest BCUT2D eigenvalue weighted by Crippen LogP contribution is 2.24. The van der Waals surface area contributed by atoms with Gasteiger partial charge < -0.3 is 10.1 Å². The standard InChI is InChI=1S/C23H31NO2/c1-17-8-11-20(12-9-17)16-24-22(25)23(4,5)13-6-14-26-21-15-18(2)7-10-19(21)3/h7-12,15H,6,13-14,16H2,1-5H3,(H,24,25). The summed E-state index contributed by atoms with van der Waals surface area (Å²) >= 11 is 0. The van der Waals surface area contributed by atoms with Crippen molar-refractivity contribution in [1.29, 1.82) is 0 Å². The summed E-state index contributed by atoms with van der Waals surface area (Å²) in [7, 11) is 0. The minimum atomic E-state index is -0.407. The number of benzene rings is 2. The Balaban J connectivity index is 1.77. The minimum absolute atomic E-state index is 0.0878. The van der Waals surface area contributed by atoms with E-state index in [0.717, 1.165) is 29.7 Å². The molecule has 140 valence electrons. The van der Waals surface area contributed by atoms with Gasteiger partial charge in [0, 0.05) is 12.0 Å². The molecule has 0 aliphatic rings. The highest BCUT2D eigenvalue weighted by Gasteiger charge is 2.26. The normalized spacial score (nSPS) is 11.3. The molecule has 26 heavy (non-hydrogen) atoms. The molecule has 1 N–H and O–H groups in total. The van der Waals surface area contributed by atoms with Crippen LogP contribution in [0.3, 0.4) is 0 Å². The van der Waals surface area contributed by atoms with Crippen LogP contribution < -0.4 is 10.1 Å². The summed E-state index contributed by atoms with van der Waals surface area (Å²) in [4.78, 5) is 12.5. The number of aryl methyl sites for hydroxylation is 3. The summed E-state index contributed by atoms with van der Waals surface area (Å²) in [6.07, 6.45) is 1.63. The molecule has 0 bridgehead atoms. The van der Waals surface area contributed by atoms with E-state index in [1.165, 1.54) is 11.1 Å². The van der Waals surface area contributed by atoms with Gasteiger partial charge in [-0.15, -0.1) is 0 Å². The molecule has 0 aliphatic carbocycles. The lowest BCUT2D eigenvalue weighted by molar-refractivity contribution is -0.130. The van der Waals surface area contributed by atoms with Gasteiger partial charge in [-0.3, -0.25) is 4.79 Å². The third-order valence-electron chi connectivity index (χ3n) is 4.74. The number of ether oxygens (including phenoxy) is 1. The van der Waals surface area contributed by atoms with Crippen molar-refractivity contribution in [3.8, 4) is 5.75 Å². The molecule has 0 saturated heterocycles. The monoisotopic (exact) mass is 353 g/mol. The quantitative estimate of drug-likeness (QED) is 0.669. The first-order valence-electron chi connectivity index (χ1n) is 9.32. The summed E-state index contributed by atoms with van der Waals surface area (Å²) in [6, 6.07) is 14.5. The molecule has 0 fully saturated rings. The Morgan fingerprint density at radius 3 is 2.35 bits per heavy atom. The Morgan fingerprint density at radius 1 is 1.00 bits per heavy atom. The molecule has 2 aromatic rings. The van der Waals surface area contributed by atoms with Crippen LogP contribution in [-0.2, 0) is 11.3 Å². The van der Waals surface area contributed by atoms with Crippen LogP contribution in [0.5, 0.6) is 5.75 Å². The molecule has 0 saturated carbocycles. The molecular weight excluding hydrogens is 322 g/mol. The second-order valence-electron chi connectivity index (χ2n) is 7.77. The van der Waals surface area contributed by atoms with E-state index < -0.39 is 5.41 Å². The van der Waals surface area contributed by atoms with Gasteiger partial charge in [0.25, 0.3) is 0 Å². The van der Waals surface area contributed by atoms with Crippen molar-refractivity contribution < 1.29 is 9.53 Å². The van der Waals surface area contributed by atoms with Gasteiger partial charge in [0.05, 0.1) is 6.61 Å². The molecular formula is C23H31NO2. The fourth-order valence-electron chi connectivity index (χ4n) is 2.80. The number of hydrogen-bond acceptors (Lipinski definition) is 2. The SMILES string of the molecule is Cc1ccc(CNC(=O)C(C)(C)CCCOc2cc(C)ccc2C)cc1. The number of carbonyl (C=O) groups excluding carboxylic acids is 1. The van der Waals surface area contributed by atoms with Gasteiger partial charge in [-0.1, -0.05) is 55.8 Å². The Kier molecular flexibility index (Phi) is 6.84. The molecule has 0 unspecified atom stereocenters. The number of amides is 1. The zero-order chi connectivity index (χ0) is 19.2. The van der Waals surface area contributed by atoms with Crippen LogP contribution in [-0.4, -0.2) is 12.5 Å². The summed E-state index contributed by atoms with van der Waals surface area (Å²) in [5.74, 6) is 1.02. The molecule has 2 rings (SSSR count). The lowest BCUT2D eigenvalue weighted by Crippen LogP contribution is -2.36. The van der Waals surface area contributed by atoms with Crippen molar-refractivity contribution in [2.24, 2.45) is 5.41 Å². The molecule has 3 nitrogen and oxygen atoms in total. The van der Waals surface area contributed by atoms with E-state index in [1.54, 1.807) is 0 Å². The highest BCUT2D eigenvalue weighted by atomic mass is 16.5.